The largest absolute Gasteiger partial charge is 0.416 e. The first-order valence-electron chi connectivity index (χ1n) is 10.4. The van der Waals surface area contributed by atoms with E-state index >= 15 is 0 Å². The SMILES string of the molecule is COCCCN(Cc1cccn1Cc1cccc(C(F)(F)F)c1)C(=O)Nc1cccc(Br)c1. The number of nitrogens with one attached hydrogen (secondary N) is 1. The minimum Gasteiger partial charge on any atom is -0.385 e. The number of benzene rings is 2. The minimum atomic E-state index is -4.39. The second-order valence-corrected chi connectivity index (χ2v) is 8.45. The number of nitrogens with zero attached hydrogens (tertiary/aromatic N) is 2. The quantitative estimate of drug-likeness (QED) is 0.330. The maximum atomic E-state index is 13.1. The fourth-order valence-corrected chi connectivity index (χ4v) is 3.81. The molecule has 0 saturated carbocycles. The number of carbonyl (C=O) groups is 1. The molecule has 2 aromatic carbocycles. The number of halogens is 4. The first kappa shape index (κ1) is 24.9. The number of aromatic nitrogens is 1. The molecule has 0 unspecified atom stereocenters. The number of rotatable bonds is 9. The van der Waals surface area contributed by atoms with Gasteiger partial charge in [0.25, 0.3) is 0 Å². The Bertz CT molecular complexity index is 1070. The van der Waals surface area contributed by atoms with Gasteiger partial charge in [-0.1, -0.05) is 34.1 Å². The molecule has 176 valence electrons. The Kier molecular flexibility index (Phi) is 8.57. The number of alkyl halides is 3. The van der Waals surface area contributed by atoms with Crippen molar-refractivity contribution in [2.24, 2.45) is 0 Å². The van der Waals surface area contributed by atoms with Crippen LogP contribution in [0.15, 0.2) is 71.3 Å². The van der Waals surface area contributed by atoms with Crippen LogP contribution in [0.2, 0.25) is 0 Å². The Balaban J connectivity index is 1.75. The average molecular weight is 524 g/mol. The molecule has 0 aliphatic carbocycles. The van der Waals surface area contributed by atoms with Gasteiger partial charge in [-0.3, -0.25) is 0 Å². The number of methoxy groups -OCH3 is 1. The van der Waals surface area contributed by atoms with Crippen LogP contribution in [0.25, 0.3) is 0 Å². The summed E-state index contributed by atoms with van der Waals surface area (Å²) in [6.07, 6.45) is -1.94. The maximum Gasteiger partial charge on any atom is 0.416 e. The molecule has 0 aliphatic rings. The van der Waals surface area contributed by atoms with Crippen LogP contribution < -0.4 is 5.32 Å². The summed E-state index contributed by atoms with van der Waals surface area (Å²) in [6.45, 7) is 1.54. The molecule has 33 heavy (non-hydrogen) atoms. The van der Waals surface area contributed by atoms with Crippen LogP contribution in [-0.2, 0) is 24.0 Å². The fourth-order valence-electron chi connectivity index (χ4n) is 3.41. The number of hydrogen-bond acceptors (Lipinski definition) is 2. The molecule has 0 bridgehead atoms. The van der Waals surface area contributed by atoms with Crippen LogP contribution >= 0.6 is 15.9 Å². The lowest BCUT2D eigenvalue weighted by Crippen LogP contribution is -2.36. The monoisotopic (exact) mass is 523 g/mol. The van der Waals surface area contributed by atoms with Crippen molar-refractivity contribution in [3.8, 4) is 0 Å². The molecule has 1 heterocycles. The molecule has 0 atom stereocenters. The standard InChI is InChI=1S/C24H25BrF3N3O2/c1-33-13-5-12-31(23(32)29-21-9-3-8-20(25)15-21)17-22-10-4-11-30(22)16-18-6-2-7-19(14-18)24(26,27)28/h2-4,6-11,14-15H,5,12-13,16-17H2,1H3,(H,29,32). The first-order valence-corrected chi connectivity index (χ1v) is 11.2. The summed E-state index contributed by atoms with van der Waals surface area (Å²) in [4.78, 5) is 14.7. The van der Waals surface area contributed by atoms with Crippen molar-refractivity contribution in [2.75, 3.05) is 25.6 Å². The van der Waals surface area contributed by atoms with E-state index in [1.54, 1.807) is 30.3 Å². The number of anilines is 1. The van der Waals surface area contributed by atoms with E-state index in [1.165, 1.54) is 6.07 Å². The molecular formula is C24H25BrF3N3O2. The summed E-state index contributed by atoms with van der Waals surface area (Å²) in [5, 5.41) is 2.90. The summed E-state index contributed by atoms with van der Waals surface area (Å²) in [5.74, 6) is 0. The molecule has 1 aromatic heterocycles. The second-order valence-electron chi connectivity index (χ2n) is 7.53. The molecule has 1 N–H and O–H groups in total. The predicted molar refractivity (Wildman–Crippen MR) is 125 cm³/mol. The van der Waals surface area contributed by atoms with Gasteiger partial charge in [-0.15, -0.1) is 0 Å². The molecule has 3 aromatic rings. The highest BCUT2D eigenvalue weighted by atomic mass is 79.9. The summed E-state index contributed by atoms with van der Waals surface area (Å²) in [5.41, 5.74) is 1.33. The van der Waals surface area contributed by atoms with Crippen molar-refractivity contribution in [1.29, 1.82) is 0 Å². The number of ether oxygens (including phenoxy) is 1. The summed E-state index contributed by atoms with van der Waals surface area (Å²) >= 11 is 3.39. The number of amides is 2. The van der Waals surface area contributed by atoms with Gasteiger partial charge in [0.1, 0.15) is 0 Å². The molecule has 3 rings (SSSR count). The van der Waals surface area contributed by atoms with E-state index in [0.717, 1.165) is 22.3 Å². The van der Waals surface area contributed by atoms with Gasteiger partial charge in [-0.2, -0.15) is 13.2 Å². The van der Waals surface area contributed by atoms with Gasteiger partial charge in [0, 0.05) is 48.9 Å². The smallest absolute Gasteiger partial charge is 0.385 e. The molecular weight excluding hydrogens is 499 g/mol. The Morgan fingerprint density at radius 3 is 2.64 bits per heavy atom. The van der Waals surface area contributed by atoms with Crippen LogP contribution in [0.4, 0.5) is 23.7 Å². The van der Waals surface area contributed by atoms with Crippen LogP contribution in [-0.4, -0.2) is 35.8 Å². The van der Waals surface area contributed by atoms with Gasteiger partial charge in [0.15, 0.2) is 0 Å². The Hall–Kier alpha value is -2.78. The van der Waals surface area contributed by atoms with Gasteiger partial charge in [0.05, 0.1) is 12.1 Å². The van der Waals surface area contributed by atoms with Gasteiger partial charge < -0.3 is 19.5 Å². The third-order valence-corrected chi connectivity index (χ3v) is 5.52. The van der Waals surface area contributed by atoms with Crippen LogP contribution in [0.3, 0.4) is 0 Å². The maximum absolute atomic E-state index is 13.1. The Morgan fingerprint density at radius 2 is 1.91 bits per heavy atom. The zero-order valence-corrected chi connectivity index (χ0v) is 19.7. The van der Waals surface area contributed by atoms with Gasteiger partial charge in [0.2, 0.25) is 0 Å². The molecule has 0 fully saturated rings. The van der Waals surface area contributed by atoms with Crippen molar-refractivity contribution in [2.45, 2.75) is 25.7 Å². The molecule has 2 amide bonds. The number of hydrogen-bond donors (Lipinski definition) is 1. The number of urea groups is 1. The Morgan fingerprint density at radius 1 is 1.12 bits per heavy atom. The van der Waals surface area contributed by atoms with Crippen LogP contribution in [0.1, 0.15) is 23.2 Å². The third-order valence-electron chi connectivity index (χ3n) is 5.02. The Labute approximate surface area is 199 Å². The van der Waals surface area contributed by atoms with E-state index in [9.17, 15) is 18.0 Å². The molecule has 0 radical (unpaired) electrons. The average Bonchev–Trinajstić information content (AvgIpc) is 3.19. The fraction of sp³-hybridized carbons (Fsp3) is 0.292. The van der Waals surface area contributed by atoms with E-state index < -0.39 is 11.7 Å². The third kappa shape index (κ3) is 7.36. The first-order chi connectivity index (χ1) is 15.8. The lowest BCUT2D eigenvalue weighted by molar-refractivity contribution is -0.137. The lowest BCUT2D eigenvalue weighted by Gasteiger charge is -2.24. The van der Waals surface area contributed by atoms with Crippen LogP contribution in [0.5, 0.6) is 0 Å². The highest BCUT2D eigenvalue weighted by molar-refractivity contribution is 9.10. The van der Waals surface area contributed by atoms with Crippen LogP contribution in [0, 0.1) is 0 Å². The van der Waals surface area contributed by atoms with Gasteiger partial charge >= 0.3 is 12.2 Å². The van der Waals surface area contributed by atoms with Crippen molar-refractivity contribution in [1.82, 2.24) is 9.47 Å². The zero-order chi connectivity index (χ0) is 23.8. The highest BCUT2D eigenvalue weighted by Gasteiger charge is 2.30. The van der Waals surface area contributed by atoms with Gasteiger partial charge in [-0.25, -0.2) is 4.79 Å². The molecule has 5 nitrogen and oxygen atoms in total. The van der Waals surface area contributed by atoms with E-state index in [1.807, 2.05) is 34.9 Å². The van der Waals surface area contributed by atoms with Crippen molar-refractivity contribution < 1.29 is 22.7 Å². The van der Waals surface area contributed by atoms with Crippen molar-refractivity contribution in [3.63, 3.8) is 0 Å². The molecule has 0 saturated heterocycles. The van der Waals surface area contributed by atoms with Crippen molar-refractivity contribution >= 4 is 27.6 Å². The van der Waals surface area contributed by atoms with E-state index in [2.05, 4.69) is 21.2 Å². The normalized spacial score (nSPS) is 11.4. The summed E-state index contributed by atoms with van der Waals surface area (Å²) in [7, 11) is 1.60. The van der Waals surface area contributed by atoms with Gasteiger partial charge in [-0.05, 0) is 54.4 Å². The highest BCUT2D eigenvalue weighted by Crippen LogP contribution is 2.29. The van der Waals surface area contributed by atoms with Crippen molar-refractivity contribution in [3.05, 3.63) is 88.2 Å². The second kappa shape index (κ2) is 11.4. The van der Waals surface area contributed by atoms with E-state index in [4.69, 9.17) is 4.74 Å². The molecule has 9 heteroatoms. The molecule has 0 spiro atoms. The van der Waals surface area contributed by atoms with E-state index in [-0.39, 0.29) is 12.6 Å². The number of carbonyl (C=O) groups excluding carboxylic acids is 1. The van der Waals surface area contributed by atoms with E-state index in [0.29, 0.717) is 37.4 Å². The lowest BCUT2D eigenvalue weighted by atomic mass is 10.1. The predicted octanol–water partition coefficient (Wildman–Crippen LogP) is 6.39. The molecule has 0 aliphatic heterocycles. The topological polar surface area (TPSA) is 46.5 Å². The minimum absolute atomic E-state index is 0.268. The summed E-state index contributed by atoms with van der Waals surface area (Å²) in [6, 6.07) is 16.0. The zero-order valence-electron chi connectivity index (χ0n) is 18.1. The summed E-state index contributed by atoms with van der Waals surface area (Å²) < 4.78 is 47.0.